The number of nitrogens with zero attached hydrogens (tertiary/aromatic N) is 1. The third-order valence-electron chi connectivity index (χ3n) is 4.76. The van der Waals surface area contributed by atoms with Gasteiger partial charge in [-0.1, -0.05) is 64.5 Å². The van der Waals surface area contributed by atoms with E-state index in [0.29, 0.717) is 22.5 Å². The van der Waals surface area contributed by atoms with Gasteiger partial charge in [0.25, 0.3) is 5.91 Å². The summed E-state index contributed by atoms with van der Waals surface area (Å²) in [4.78, 5) is 27.1. The molecule has 1 aliphatic heterocycles. The van der Waals surface area contributed by atoms with Crippen LogP contribution in [-0.2, 0) is 15.2 Å². The molecule has 0 aromatic heterocycles. The minimum atomic E-state index is -1.81. The summed E-state index contributed by atoms with van der Waals surface area (Å²) in [5, 5.41) is 14.1. The van der Waals surface area contributed by atoms with Crippen LogP contribution in [0.2, 0.25) is 0 Å². The van der Waals surface area contributed by atoms with Gasteiger partial charge in [-0.05, 0) is 35.9 Å². The van der Waals surface area contributed by atoms with Crippen LogP contribution in [0, 0.1) is 0 Å². The number of fused-ring (bicyclic) bond motifs is 1. The van der Waals surface area contributed by atoms with Gasteiger partial charge in [0.05, 0.1) is 5.69 Å². The number of aliphatic hydroxyl groups is 1. The summed E-state index contributed by atoms with van der Waals surface area (Å²) >= 11 is 3.35. The summed E-state index contributed by atoms with van der Waals surface area (Å²) in [6.45, 7) is -0.193. The molecule has 1 atom stereocenters. The number of halogens is 1. The molecule has 140 valence electrons. The molecule has 0 radical (unpaired) electrons. The second-order valence-electron chi connectivity index (χ2n) is 6.54. The normalized spacial score (nSPS) is 18.1. The minimum absolute atomic E-state index is 0.193. The number of anilines is 2. The lowest BCUT2D eigenvalue weighted by Gasteiger charge is -2.23. The van der Waals surface area contributed by atoms with Crippen LogP contribution in [0.3, 0.4) is 0 Å². The third-order valence-corrected chi connectivity index (χ3v) is 5.29. The highest BCUT2D eigenvalue weighted by Gasteiger charge is 2.51. The van der Waals surface area contributed by atoms with Crippen LogP contribution >= 0.6 is 15.9 Å². The lowest BCUT2D eigenvalue weighted by Crippen LogP contribution is -2.44. The fourth-order valence-electron chi connectivity index (χ4n) is 3.43. The molecule has 5 nitrogen and oxygen atoms in total. The summed E-state index contributed by atoms with van der Waals surface area (Å²) < 4.78 is 0.905. The van der Waals surface area contributed by atoms with Gasteiger partial charge in [-0.15, -0.1) is 0 Å². The second kappa shape index (κ2) is 7.22. The Kier molecular flexibility index (Phi) is 4.75. The molecule has 6 heteroatoms. The van der Waals surface area contributed by atoms with Crippen molar-refractivity contribution in [2.75, 3.05) is 16.8 Å². The summed E-state index contributed by atoms with van der Waals surface area (Å²) in [7, 11) is 0. The van der Waals surface area contributed by atoms with E-state index in [0.717, 1.165) is 4.47 Å². The van der Waals surface area contributed by atoms with Gasteiger partial charge in [0.1, 0.15) is 6.54 Å². The molecular weight excluding hydrogens is 420 g/mol. The second-order valence-corrected chi connectivity index (χ2v) is 7.46. The molecule has 0 aliphatic carbocycles. The average Bonchev–Trinajstić information content (AvgIpc) is 2.93. The molecule has 0 spiro atoms. The Morgan fingerprint density at radius 2 is 1.61 bits per heavy atom. The van der Waals surface area contributed by atoms with E-state index in [1.807, 2.05) is 18.2 Å². The standard InChI is InChI=1S/C22H17BrN2O3/c23-16-10-12-17(13-11-16)24-20(26)14-25-19-9-5-4-8-18(19)22(28,21(25)27)15-6-2-1-3-7-15/h1-13,28H,14H2,(H,24,26). The molecule has 0 fully saturated rings. The van der Waals surface area contributed by atoms with E-state index in [-0.39, 0.29) is 12.5 Å². The predicted molar refractivity (Wildman–Crippen MR) is 111 cm³/mol. The summed E-state index contributed by atoms with van der Waals surface area (Å²) in [6.07, 6.45) is 0. The van der Waals surface area contributed by atoms with Crippen molar-refractivity contribution in [1.82, 2.24) is 0 Å². The highest BCUT2D eigenvalue weighted by Crippen LogP contribution is 2.44. The lowest BCUT2D eigenvalue weighted by molar-refractivity contribution is -0.133. The highest BCUT2D eigenvalue weighted by atomic mass is 79.9. The number of hydrogen-bond donors (Lipinski definition) is 2. The van der Waals surface area contributed by atoms with Crippen molar-refractivity contribution < 1.29 is 14.7 Å². The largest absolute Gasteiger partial charge is 0.372 e. The van der Waals surface area contributed by atoms with Gasteiger partial charge in [0.15, 0.2) is 5.60 Å². The number of carbonyl (C=O) groups is 2. The maximum absolute atomic E-state index is 13.2. The van der Waals surface area contributed by atoms with Crippen molar-refractivity contribution in [1.29, 1.82) is 0 Å². The molecule has 0 saturated carbocycles. The van der Waals surface area contributed by atoms with Crippen molar-refractivity contribution in [2.24, 2.45) is 0 Å². The average molecular weight is 437 g/mol. The summed E-state index contributed by atoms with van der Waals surface area (Å²) in [5.74, 6) is -0.881. The third kappa shape index (κ3) is 3.10. The van der Waals surface area contributed by atoms with Crippen LogP contribution < -0.4 is 10.2 Å². The molecular formula is C22H17BrN2O3. The van der Waals surface area contributed by atoms with Gasteiger partial charge in [-0.3, -0.25) is 14.5 Å². The predicted octanol–water partition coefficient (Wildman–Crippen LogP) is 3.67. The Labute approximate surface area is 170 Å². The molecule has 3 aromatic carbocycles. The highest BCUT2D eigenvalue weighted by molar-refractivity contribution is 9.10. The van der Waals surface area contributed by atoms with Crippen molar-refractivity contribution in [3.05, 3.63) is 94.5 Å². The van der Waals surface area contributed by atoms with E-state index in [9.17, 15) is 14.7 Å². The van der Waals surface area contributed by atoms with Gasteiger partial charge in [0, 0.05) is 15.7 Å². The van der Waals surface area contributed by atoms with Crippen LogP contribution in [0.5, 0.6) is 0 Å². The molecule has 3 aromatic rings. The number of para-hydroxylation sites is 1. The first-order valence-corrected chi connectivity index (χ1v) is 9.54. The first-order chi connectivity index (χ1) is 13.5. The van der Waals surface area contributed by atoms with Gasteiger partial charge in [-0.2, -0.15) is 0 Å². The smallest absolute Gasteiger partial charge is 0.268 e. The quantitative estimate of drug-likeness (QED) is 0.655. The maximum Gasteiger partial charge on any atom is 0.268 e. The van der Waals surface area contributed by atoms with Gasteiger partial charge in [0.2, 0.25) is 5.91 Å². The summed E-state index contributed by atoms with van der Waals surface area (Å²) in [6, 6.07) is 23.0. The molecule has 1 heterocycles. The molecule has 4 rings (SSSR count). The fourth-order valence-corrected chi connectivity index (χ4v) is 3.69. The SMILES string of the molecule is O=C(CN1C(=O)C(O)(c2ccccc2)c2ccccc21)Nc1ccc(Br)cc1. The topological polar surface area (TPSA) is 69.6 Å². The monoisotopic (exact) mass is 436 g/mol. The van der Waals surface area contributed by atoms with Crippen molar-refractivity contribution in [3.8, 4) is 0 Å². The molecule has 0 bridgehead atoms. The van der Waals surface area contributed by atoms with Crippen LogP contribution in [0.15, 0.2) is 83.3 Å². The van der Waals surface area contributed by atoms with E-state index >= 15 is 0 Å². The molecule has 1 aliphatic rings. The summed E-state index contributed by atoms with van der Waals surface area (Å²) in [5.41, 5.74) is 0.303. The number of nitrogens with one attached hydrogen (secondary N) is 1. The zero-order valence-corrected chi connectivity index (χ0v) is 16.4. The number of rotatable bonds is 4. The Balaban J connectivity index is 1.64. The minimum Gasteiger partial charge on any atom is -0.372 e. The van der Waals surface area contributed by atoms with E-state index in [1.165, 1.54) is 4.90 Å². The van der Waals surface area contributed by atoms with Crippen LogP contribution in [0.1, 0.15) is 11.1 Å². The number of benzene rings is 3. The lowest BCUT2D eigenvalue weighted by atomic mass is 9.88. The van der Waals surface area contributed by atoms with E-state index in [2.05, 4.69) is 21.2 Å². The molecule has 28 heavy (non-hydrogen) atoms. The van der Waals surface area contributed by atoms with Crippen LogP contribution in [0.4, 0.5) is 11.4 Å². The van der Waals surface area contributed by atoms with Crippen molar-refractivity contribution >= 4 is 39.1 Å². The maximum atomic E-state index is 13.2. The van der Waals surface area contributed by atoms with Gasteiger partial charge >= 0.3 is 0 Å². The number of carbonyl (C=O) groups excluding carboxylic acids is 2. The zero-order chi connectivity index (χ0) is 19.7. The van der Waals surface area contributed by atoms with Crippen LogP contribution in [0.25, 0.3) is 0 Å². The Bertz CT molecular complexity index is 1040. The van der Waals surface area contributed by atoms with Crippen LogP contribution in [-0.4, -0.2) is 23.5 Å². The number of hydrogen-bond acceptors (Lipinski definition) is 3. The Hall–Kier alpha value is -2.96. The van der Waals surface area contributed by atoms with Crippen molar-refractivity contribution in [2.45, 2.75) is 5.60 Å². The molecule has 1 unspecified atom stereocenters. The van der Waals surface area contributed by atoms with E-state index in [4.69, 9.17) is 0 Å². The molecule has 2 N–H and O–H groups in total. The van der Waals surface area contributed by atoms with Crippen molar-refractivity contribution in [3.63, 3.8) is 0 Å². The van der Waals surface area contributed by atoms with Gasteiger partial charge < -0.3 is 10.4 Å². The van der Waals surface area contributed by atoms with E-state index < -0.39 is 11.5 Å². The Morgan fingerprint density at radius 3 is 2.32 bits per heavy atom. The molecule has 2 amide bonds. The zero-order valence-electron chi connectivity index (χ0n) is 14.8. The number of amides is 2. The molecule has 0 saturated heterocycles. The first-order valence-electron chi connectivity index (χ1n) is 8.75. The van der Waals surface area contributed by atoms with Gasteiger partial charge in [-0.25, -0.2) is 0 Å². The fraction of sp³-hybridized carbons (Fsp3) is 0.0909. The Morgan fingerprint density at radius 1 is 0.964 bits per heavy atom. The van der Waals surface area contributed by atoms with E-state index in [1.54, 1.807) is 60.7 Å². The first kappa shape index (κ1) is 18.4.